The average molecular weight is 447 g/mol. The summed E-state index contributed by atoms with van der Waals surface area (Å²) in [6, 6.07) is 8.22. The van der Waals surface area contributed by atoms with Crippen molar-refractivity contribution in [3.8, 4) is 0 Å². The third-order valence-corrected chi connectivity index (χ3v) is 5.68. The molecule has 1 aliphatic rings. The van der Waals surface area contributed by atoms with E-state index < -0.39 is 11.7 Å². The highest BCUT2D eigenvalue weighted by molar-refractivity contribution is 5.94. The Hall–Kier alpha value is -3.14. The molecule has 7 nitrogen and oxygen atoms in total. The molecular formula is C22H24F3N5O2. The van der Waals surface area contributed by atoms with E-state index in [1.165, 1.54) is 0 Å². The fourth-order valence-electron chi connectivity index (χ4n) is 4.05. The lowest BCUT2D eigenvalue weighted by Gasteiger charge is -2.33. The lowest BCUT2D eigenvalue weighted by Crippen LogP contribution is -2.39. The summed E-state index contributed by atoms with van der Waals surface area (Å²) in [6.45, 7) is 3.83. The molecular weight excluding hydrogens is 423 g/mol. The van der Waals surface area contributed by atoms with Gasteiger partial charge in [-0.1, -0.05) is 12.1 Å². The Labute approximate surface area is 182 Å². The molecule has 0 saturated carbocycles. The molecule has 3 heterocycles. The maximum atomic E-state index is 13.7. The number of fused-ring (bicyclic) bond motifs is 1. The number of aromatic amines is 1. The average Bonchev–Trinajstić information content (AvgIpc) is 3.17. The molecule has 0 spiro atoms. The molecule has 0 radical (unpaired) electrons. The number of rotatable bonds is 5. The van der Waals surface area contributed by atoms with Gasteiger partial charge in [-0.15, -0.1) is 0 Å². The van der Waals surface area contributed by atoms with Gasteiger partial charge in [-0.2, -0.15) is 18.3 Å². The number of piperidine rings is 1. The zero-order chi connectivity index (χ0) is 22.9. The molecule has 1 amide bonds. The van der Waals surface area contributed by atoms with E-state index in [0.717, 1.165) is 11.6 Å². The van der Waals surface area contributed by atoms with Crippen molar-refractivity contribution in [3.63, 3.8) is 0 Å². The number of ether oxygens (including phenoxy) is 1. The van der Waals surface area contributed by atoms with Gasteiger partial charge < -0.3 is 15.4 Å². The Morgan fingerprint density at radius 1 is 1.31 bits per heavy atom. The summed E-state index contributed by atoms with van der Waals surface area (Å²) in [5, 5.41) is 5.98. The van der Waals surface area contributed by atoms with Crippen LogP contribution in [-0.2, 0) is 17.5 Å². The van der Waals surface area contributed by atoms with Crippen molar-refractivity contribution in [1.29, 1.82) is 0 Å². The number of anilines is 1. The number of nitrogens with one attached hydrogen (secondary N) is 1. The van der Waals surface area contributed by atoms with Crippen LogP contribution < -0.4 is 5.73 Å². The largest absolute Gasteiger partial charge is 0.417 e. The molecule has 0 unspecified atom stereocenters. The molecule has 1 atom stereocenters. The second-order valence-corrected chi connectivity index (χ2v) is 7.85. The molecule has 4 rings (SSSR count). The molecule has 1 aliphatic heterocycles. The molecule has 2 aromatic heterocycles. The number of hydrogen-bond donors (Lipinski definition) is 2. The lowest BCUT2D eigenvalue weighted by molar-refractivity contribution is -0.136. The van der Waals surface area contributed by atoms with Crippen LogP contribution in [0.4, 0.5) is 19.0 Å². The van der Waals surface area contributed by atoms with Crippen molar-refractivity contribution < 1.29 is 22.7 Å². The second-order valence-electron chi connectivity index (χ2n) is 7.85. The number of pyridine rings is 1. The molecule has 3 aromatic rings. The zero-order valence-electron chi connectivity index (χ0n) is 17.6. The Morgan fingerprint density at radius 3 is 2.75 bits per heavy atom. The van der Waals surface area contributed by atoms with Crippen LogP contribution in [0.1, 0.15) is 52.9 Å². The van der Waals surface area contributed by atoms with E-state index >= 15 is 0 Å². The van der Waals surface area contributed by atoms with E-state index in [4.69, 9.17) is 10.5 Å². The first kappa shape index (κ1) is 22.1. The van der Waals surface area contributed by atoms with Gasteiger partial charge in [0.25, 0.3) is 5.91 Å². The molecule has 170 valence electrons. The van der Waals surface area contributed by atoms with Gasteiger partial charge in [0.05, 0.1) is 17.6 Å². The highest BCUT2D eigenvalue weighted by atomic mass is 19.4. The Morgan fingerprint density at radius 2 is 2.06 bits per heavy atom. The molecule has 3 N–H and O–H groups in total. The number of alkyl halides is 3. The number of carbonyl (C=O) groups excluding carboxylic acids is 1. The van der Waals surface area contributed by atoms with E-state index in [1.54, 1.807) is 17.0 Å². The Bertz CT molecular complexity index is 1110. The number of hydrogen-bond acceptors (Lipinski definition) is 5. The van der Waals surface area contributed by atoms with E-state index in [2.05, 4.69) is 15.2 Å². The van der Waals surface area contributed by atoms with Crippen molar-refractivity contribution in [2.45, 2.75) is 38.5 Å². The van der Waals surface area contributed by atoms with Gasteiger partial charge in [0, 0.05) is 36.9 Å². The molecule has 1 saturated heterocycles. The number of nitrogens with two attached hydrogens (primary N) is 1. The van der Waals surface area contributed by atoms with Crippen LogP contribution in [0.25, 0.3) is 11.0 Å². The first-order valence-corrected chi connectivity index (χ1v) is 10.5. The minimum Gasteiger partial charge on any atom is -0.383 e. The number of amides is 1. The fraction of sp³-hybridized carbons (Fsp3) is 0.409. The number of halogens is 3. The predicted octanol–water partition coefficient (Wildman–Crippen LogP) is 4.12. The summed E-state index contributed by atoms with van der Waals surface area (Å²) in [5.41, 5.74) is 6.48. The number of nitrogen functional groups attached to an aromatic ring is 1. The number of likely N-dealkylation sites (tertiary alicyclic amines) is 1. The van der Waals surface area contributed by atoms with Crippen LogP contribution in [-0.4, -0.2) is 45.7 Å². The molecule has 1 fully saturated rings. The highest BCUT2D eigenvalue weighted by Gasteiger charge is 2.36. The van der Waals surface area contributed by atoms with Gasteiger partial charge in [-0.25, -0.2) is 4.98 Å². The summed E-state index contributed by atoms with van der Waals surface area (Å²) < 4.78 is 46.3. The molecule has 0 bridgehead atoms. The van der Waals surface area contributed by atoms with Crippen molar-refractivity contribution in [1.82, 2.24) is 20.1 Å². The summed E-state index contributed by atoms with van der Waals surface area (Å²) in [4.78, 5) is 19.0. The van der Waals surface area contributed by atoms with Crippen LogP contribution in [0.3, 0.4) is 0 Å². The van der Waals surface area contributed by atoms with Crippen molar-refractivity contribution in [2.75, 3.05) is 25.4 Å². The smallest absolute Gasteiger partial charge is 0.383 e. The fourth-order valence-corrected chi connectivity index (χ4v) is 4.05. The summed E-state index contributed by atoms with van der Waals surface area (Å²) in [6.07, 6.45) is -3.29. The van der Waals surface area contributed by atoms with Crippen molar-refractivity contribution in [2.24, 2.45) is 0 Å². The molecule has 10 heteroatoms. The monoisotopic (exact) mass is 447 g/mol. The van der Waals surface area contributed by atoms with Gasteiger partial charge in [0.15, 0.2) is 5.65 Å². The van der Waals surface area contributed by atoms with Gasteiger partial charge in [0.2, 0.25) is 0 Å². The SMILES string of the molecule is CCOCc1ccc(C(=O)N2CCC[C@@H](c3cc(C(F)(F)F)c4c(N)[nH]nc4n3)C2)cc1. The zero-order valence-corrected chi connectivity index (χ0v) is 17.6. The van der Waals surface area contributed by atoms with Gasteiger partial charge in [-0.3, -0.25) is 9.89 Å². The molecule has 1 aromatic carbocycles. The van der Waals surface area contributed by atoms with E-state index in [1.807, 2.05) is 19.1 Å². The first-order valence-electron chi connectivity index (χ1n) is 10.5. The van der Waals surface area contributed by atoms with Crippen LogP contribution in [0, 0.1) is 0 Å². The van der Waals surface area contributed by atoms with E-state index in [9.17, 15) is 18.0 Å². The van der Waals surface area contributed by atoms with Gasteiger partial charge in [-0.05, 0) is 43.5 Å². The predicted molar refractivity (Wildman–Crippen MR) is 113 cm³/mol. The van der Waals surface area contributed by atoms with Crippen molar-refractivity contribution in [3.05, 3.63) is 52.7 Å². The van der Waals surface area contributed by atoms with E-state index in [-0.39, 0.29) is 40.9 Å². The molecule has 0 aliphatic carbocycles. The van der Waals surface area contributed by atoms with E-state index in [0.29, 0.717) is 38.2 Å². The first-order chi connectivity index (χ1) is 15.3. The second kappa shape index (κ2) is 8.78. The Kier molecular flexibility index (Phi) is 6.05. The Balaban J connectivity index is 1.56. The number of carbonyl (C=O) groups is 1. The molecule has 32 heavy (non-hydrogen) atoms. The summed E-state index contributed by atoms with van der Waals surface area (Å²) >= 11 is 0. The normalized spacial score (nSPS) is 17.1. The summed E-state index contributed by atoms with van der Waals surface area (Å²) in [7, 11) is 0. The number of H-pyrrole nitrogens is 1. The highest BCUT2D eigenvalue weighted by Crippen LogP contribution is 2.38. The van der Waals surface area contributed by atoms with Crippen LogP contribution in [0.5, 0.6) is 0 Å². The topological polar surface area (TPSA) is 97.1 Å². The third-order valence-electron chi connectivity index (χ3n) is 5.68. The standard InChI is InChI=1S/C22H24F3N5O2/c1-2-32-12-13-5-7-14(8-6-13)21(31)30-9-3-4-15(11-30)17-10-16(22(23,24)25)18-19(26)28-29-20(18)27-17/h5-8,10,15H,2-4,9,11-12H2,1H3,(H3,26,27,28,29)/t15-/m1/s1. The number of aromatic nitrogens is 3. The van der Waals surface area contributed by atoms with Gasteiger partial charge in [0.1, 0.15) is 5.82 Å². The third kappa shape index (κ3) is 4.40. The lowest BCUT2D eigenvalue weighted by atomic mass is 9.92. The van der Waals surface area contributed by atoms with Crippen LogP contribution >= 0.6 is 0 Å². The number of nitrogens with zero attached hydrogens (tertiary/aromatic N) is 3. The minimum atomic E-state index is -4.60. The maximum absolute atomic E-state index is 13.7. The quantitative estimate of drug-likeness (QED) is 0.613. The minimum absolute atomic E-state index is 0.0688. The van der Waals surface area contributed by atoms with Gasteiger partial charge >= 0.3 is 6.18 Å². The van der Waals surface area contributed by atoms with Crippen molar-refractivity contribution >= 4 is 22.8 Å². The summed E-state index contributed by atoms with van der Waals surface area (Å²) in [5.74, 6) is -0.647. The van der Waals surface area contributed by atoms with Crippen LogP contribution in [0.15, 0.2) is 30.3 Å². The maximum Gasteiger partial charge on any atom is 0.417 e. The number of benzene rings is 1. The van der Waals surface area contributed by atoms with Crippen LogP contribution in [0.2, 0.25) is 0 Å².